The Bertz CT molecular complexity index is 722. The summed E-state index contributed by atoms with van der Waals surface area (Å²) in [7, 11) is 0. The third kappa shape index (κ3) is 3.95. The third-order valence-electron chi connectivity index (χ3n) is 2.72. The van der Waals surface area contributed by atoms with Gasteiger partial charge in [-0.2, -0.15) is 0 Å². The molecule has 1 amide bonds. The van der Waals surface area contributed by atoms with Crippen molar-refractivity contribution in [2.24, 2.45) is 0 Å². The number of hydrogen-bond donors (Lipinski definition) is 2. The minimum absolute atomic E-state index is 0.00885. The summed E-state index contributed by atoms with van der Waals surface area (Å²) in [6.07, 6.45) is 0. The normalized spacial score (nSPS) is 10.1. The van der Waals surface area contributed by atoms with Crippen LogP contribution in [0.15, 0.2) is 42.5 Å². The van der Waals surface area contributed by atoms with Gasteiger partial charge in [-0.25, -0.2) is 9.18 Å². The first-order valence-corrected chi connectivity index (χ1v) is 6.61. The lowest BCUT2D eigenvalue weighted by molar-refractivity contribution is -0.119. The molecule has 0 spiro atoms. The SMILES string of the molecule is Nc1cc(Cl)ccc1C(=O)OCC(=O)Nc1ccccc1F. The first-order valence-electron chi connectivity index (χ1n) is 6.24. The van der Waals surface area contributed by atoms with Gasteiger partial charge >= 0.3 is 5.97 Å². The number of nitrogens with one attached hydrogen (secondary N) is 1. The molecule has 0 radical (unpaired) electrons. The van der Waals surface area contributed by atoms with Gasteiger partial charge in [0.15, 0.2) is 6.61 Å². The number of carbonyl (C=O) groups excluding carboxylic acids is 2. The lowest BCUT2D eigenvalue weighted by Gasteiger charge is -2.08. The molecule has 114 valence electrons. The van der Waals surface area contributed by atoms with Crippen molar-refractivity contribution in [3.8, 4) is 0 Å². The molecule has 0 bridgehead atoms. The molecule has 0 aliphatic rings. The van der Waals surface area contributed by atoms with E-state index in [9.17, 15) is 14.0 Å². The van der Waals surface area contributed by atoms with Crippen molar-refractivity contribution in [3.63, 3.8) is 0 Å². The average molecular weight is 323 g/mol. The van der Waals surface area contributed by atoms with Gasteiger partial charge in [0, 0.05) is 10.7 Å². The lowest BCUT2D eigenvalue weighted by Crippen LogP contribution is -2.21. The van der Waals surface area contributed by atoms with Gasteiger partial charge < -0.3 is 15.8 Å². The summed E-state index contributed by atoms with van der Waals surface area (Å²) in [5.41, 5.74) is 5.89. The molecule has 0 aromatic heterocycles. The molecule has 7 heteroatoms. The van der Waals surface area contributed by atoms with Gasteiger partial charge in [0.1, 0.15) is 5.82 Å². The third-order valence-corrected chi connectivity index (χ3v) is 2.95. The Hall–Kier alpha value is -2.60. The van der Waals surface area contributed by atoms with Gasteiger partial charge in [-0.3, -0.25) is 4.79 Å². The number of hydrogen-bond acceptors (Lipinski definition) is 4. The fourth-order valence-electron chi connectivity index (χ4n) is 1.68. The summed E-state index contributed by atoms with van der Waals surface area (Å²) in [5.74, 6) is -2.01. The zero-order valence-electron chi connectivity index (χ0n) is 11.3. The van der Waals surface area contributed by atoms with Crippen LogP contribution in [0.3, 0.4) is 0 Å². The summed E-state index contributed by atoms with van der Waals surface area (Å²) in [4.78, 5) is 23.4. The summed E-state index contributed by atoms with van der Waals surface area (Å²) in [6.45, 7) is -0.560. The van der Waals surface area contributed by atoms with E-state index in [1.165, 1.54) is 36.4 Å². The van der Waals surface area contributed by atoms with E-state index in [0.29, 0.717) is 5.02 Å². The van der Waals surface area contributed by atoms with Crippen LogP contribution in [0.1, 0.15) is 10.4 Å². The maximum Gasteiger partial charge on any atom is 0.340 e. The second kappa shape index (κ2) is 6.91. The molecule has 0 aliphatic heterocycles. The molecule has 2 aromatic rings. The van der Waals surface area contributed by atoms with Gasteiger partial charge in [0.25, 0.3) is 5.91 Å². The molecule has 0 atom stereocenters. The van der Waals surface area contributed by atoms with Crippen LogP contribution in [0.25, 0.3) is 0 Å². The van der Waals surface area contributed by atoms with Crippen molar-refractivity contribution in [1.82, 2.24) is 0 Å². The van der Waals surface area contributed by atoms with Crippen molar-refractivity contribution in [2.45, 2.75) is 0 Å². The number of ether oxygens (including phenoxy) is 1. The number of nitrogens with two attached hydrogens (primary N) is 1. The zero-order chi connectivity index (χ0) is 16.1. The van der Waals surface area contributed by atoms with E-state index < -0.39 is 24.3 Å². The highest BCUT2D eigenvalue weighted by Gasteiger charge is 2.14. The van der Waals surface area contributed by atoms with Crippen LogP contribution in [-0.4, -0.2) is 18.5 Å². The predicted octanol–water partition coefficient (Wildman–Crippen LogP) is 2.86. The first-order chi connectivity index (χ1) is 10.5. The fourth-order valence-corrected chi connectivity index (χ4v) is 1.86. The van der Waals surface area contributed by atoms with Crippen LogP contribution in [0.5, 0.6) is 0 Å². The molecule has 3 N–H and O–H groups in total. The van der Waals surface area contributed by atoms with Crippen LogP contribution in [0.2, 0.25) is 5.02 Å². The molecule has 0 heterocycles. The molecule has 2 rings (SSSR count). The van der Waals surface area contributed by atoms with Crippen molar-refractivity contribution in [1.29, 1.82) is 0 Å². The van der Waals surface area contributed by atoms with Gasteiger partial charge in [0.2, 0.25) is 0 Å². The molecule has 0 fully saturated rings. The van der Waals surface area contributed by atoms with Gasteiger partial charge in [0.05, 0.1) is 11.3 Å². The van der Waals surface area contributed by atoms with Crippen LogP contribution in [0.4, 0.5) is 15.8 Å². The number of para-hydroxylation sites is 1. The van der Waals surface area contributed by atoms with Crippen LogP contribution >= 0.6 is 11.6 Å². The Kier molecular flexibility index (Phi) is 4.95. The summed E-state index contributed by atoms with van der Waals surface area (Å²) in [6, 6.07) is 9.94. The predicted molar refractivity (Wildman–Crippen MR) is 81.2 cm³/mol. The minimum Gasteiger partial charge on any atom is -0.452 e. The number of benzene rings is 2. The van der Waals surface area contributed by atoms with Gasteiger partial charge in [-0.1, -0.05) is 23.7 Å². The number of rotatable bonds is 4. The highest BCUT2D eigenvalue weighted by atomic mass is 35.5. The van der Waals surface area contributed by atoms with E-state index in [4.69, 9.17) is 22.1 Å². The molecular weight excluding hydrogens is 311 g/mol. The number of anilines is 2. The highest BCUT2D eigenvalue weighted by Crippen LogP contribution is 2.19. The fraction of sp³-hybridized carbons (Fsp3) is 0.0667. The molecule has 0 unspecified atom stereocenters. The molecular formula is C15H12ClFN2O3. The van der Waals surface area contributed by atoms with Crippen molar-refractivity contribution < 1.29 is 18.7 Å². The Labute approximate surface area is 130 Å². The Balaban J connectivity index is 1.93. The zero-order valence-corrected chi connectivity index (χ0v) is 12.1. The average Bonchev–Trinajstić information content (AvgIpc) is 2.47. The monoisotopic (exact) mass is 322 g/mol. The largest absolute Gasteiger partial charge is 0.452 e. The Morgan fingerprint density at radius 2 is 1.95 bits per heavy atom. The second-order valence-electron chi connectivity index (χ2n) is 4.34. The van der Waals surface area contributed by atoms with Gasteiger partial charge in [-0.15, -0.1) is 0 Å². The van der Waals surface area contributed by atoms with E-state index in [1.54, 1.807) is 6.07 Å². The van der Waals surface area contributed by atoms with E-state index in [2.05, 4.69) is 5.32 Å². The van der Waals surface area contributed by atoms with Crippen molar-refractivity contribution in [2.75, 3.05) is 17.7 Å². The minimum atomic E-state index is -0.766. The smallest absolute Gasteiger partial charge is 0.340 e. The number of amides is 1. The lowest BCUT2D eigenvalue weighted by atomic mass is 10.2. The summed E-state index contributed by atoms with van der Waals surface area (Å²) in [5, 5.41) is 2.68. The molecule has 5 nitrogen and oxygen atoms in total. The topological polar surface area (TPSA) is 81.4 Å². The standard InChI is InChI=1S/C15H12ClFN2O3/c16-9-5-6-10(12(18)7-9)15(21)22-8-14(20)19-13-4-2-1-3-11(13)17/h1-7H,8,18H2,(H,19,20). The van der Waals surface area contributed by atoms with Crippen LogP contribution in [-0.2, 0) is 9.53 Å². The van der Waals surface area contributed by atoms with E-state index in [1.807, 2.05) is 0 Å². The van der Waals surface area contributed by atoms with Crippen LogP contribution in [0, 0.1) is 5.82 Å². The van der Waals surface area contributed by atoms with Crippen molar-refractivity contribution in [3.05, 3.63) is 58.9 Å². The maximum absolute atomic E-state index is 13.4. The van der Waals surface area contributed by atoms with Gasteiger partial charge in [-0.05, 0) is 30.3 Å². The van der Waals surface area contributed by atoms with E-state index in [-0.39, 0.29) is 16.9 Å². The Morgan fingerprint density at radius 1 is 1.23 bits per heavy atom. The number of esters is 1. The number of halogens is 2. The molecule has 0 saturated carbocycles. The van der Waals surface area contributed by atoms with Crippen LogP contribution < -0.4 is 11.1 Å². The molecule has 22 heavy (non-hydrogen) atoms. The van der Waals surface area contributed by atoms with E-state index >= 15 is 0 Å². The van der Waals surface area contributed by atoms with Crippen molar-refractivity contribution >= 4 is 34.9 Å². The van der Waals surface area contributed by atoms with E-state index in [0.717, 1.165) is 0 Å². The first kappa shape index (κ1) is 15.8. The molecule has 0 aliphatic carbocycles. The quantitative estimate of drug-likeness (QED) is 0.670. The Morgan fingerprint density at radius 3 is 2.64 bits per heavy atom. The molecule has 0 saturated heterocycles. The molecule has 2 aromatic carbocycles. The second-order valence-corrected chi connectivity index (χ2v) is 4.77. The summed E-state index contributed by atoms with van der Waals surface area (Å²) < 4.78 is 18.2. The highest BCUT2D eigenvalue weighted by molar-refractivity contribution is 6.31. The number of carbonyl (C=O) groups is 2. The summed E-state index contributed by atoms with van der Waals surface area (Å²) >= 11 is 5.72. The maximum atomic E-state index is 13.4. The number of nitrogen functional groups attached to an aromatic ring is 1.